The Morgan fingerprint density at radius 1 is 1.44 bits per heavy atom. The van der Waals surface area contributed by atoms with Crippen LogP contribution in [0.25, 0.3) is 0 Å². The molecule has 0 amide bonds. The molecule has 2 saturated heterocycles. The highest BCUT2D eigenvalue weighted by Gasteiger charge is 2.23. The van der Waals surface area contributed by atoms with Gasteiger partial charge in [0.1, 0.15) is 12.1 Å². The van der Waals surface area contributed by atoms with Gasteiger partial charge in [0.2, 0.25) is 0 Å². The predicted octanol–water partition coefficient (Wildman–Crippen LogP) is 0.779. The molecule has 0 aliphatic carbocycles. The molecule has 98 valence electrons. The molecule has 1 aromatic rings. The maximum Gasteiger partial charge on any atom is 0.132 e. The standard InChI is InChI=1S/C13H20N4O/c1-10-7-14-3-4-17(10)13-6-12(15-9-16-13)11-2-5-18-8-11/h6,9-11,14H,2-5,7-8H2,1H3/t10-,11?/m0/s1. The molecule has 1 aromatic heterocycles. The first-order valence-electron chi connectivity index (χ1n) is 6.71. The number of aromatic nitrogens is 2. The molecule has 2 atom stereocenters. The molecule has 2 aliphatic heterocycles. The quantitative estimate of drug-likeness (QED) is 0.838. The maximum absolute atomic E-state index is 5.43. The van der Waals surface area contributed by atoms with E-state index >= 15 is 0 Å². The molecule has 2 aliphatic rings. The molecule has 3 heterocycles. The van der Waals surface area contributed by atoms with Gasteiger partial charge < -0.3 is 15.0 Å². The molecule has 1 unspecified atom stereocenters. The molecule has 2 fully saturated rings. The second-order valence-corrected chi connectivity index (χ2v) is 5.11. The third kappa shape index (κ3) is 2.33. The highest BCUT2D eigenvalue weighted by molar-refractivity contribution is 5.41. The summed E-state index contributed by atoms with van der Waals surface area (Å²) in [5, 5.41) is 3.40. The van der Waals surface area contributed by atoms with Gasteiger partial charge in [0.15, 0.2) is 0 Å². The molecular weight excluding hydrogens is 228 g/mol. The van der Waals surface area contributed by atoms with Crippen molar-refractivity contribution in [2.45, 2.75) is 25.3 Å². The van der Waals surface area contributed by atoms with Gasteiger partial charge in [0.05, 0.1) is 12.3 Å². The molecule has 0 aromatic carbocycles. The number of ether oxygens (including phenoxy) is 1. The van der Waals surface area contributed by atoms with Gasteiger partial charge in [-0.05, 0) is 13.3 Å². The Hall–Kier alpha value is -1.20. The van der Waals surface area contributed by atoms with Crippen LogP contribution < -0.4 is 10.2 Å². The summed E-state index contributed by atoms with van der Waals surface area (Å²) in [5.41, 5.74) is 1.13. The zero-order valence-electron chi connectivity index (χ0n) is 10.8. The Morgan fingerprint density at radius 2 is 2.39 bits per heavy atom. The van der Waals surface area contributed by atoms with Gasteiger partial charge >= 0.3 is 0 Å². The monoisotopic (exact) mass is 248 g/mol. The van der Waals surface area contributed by atoms with Crippen LogP contribution in [0, 0.1) is 0 Å². The summed E-state index contributed by atoms with van der Waals surface area (Å²) in [5.74, 6) is 1.51. The van der Waals surface area contributed by atoms with E-state index in [1.807, 2.05) is 0 Å². The zero-order valence-corrected chi connectivity index (χ0v) is 10.8. The average Bonchev–Trinajstić information content (AvgIpc) is 2.93. The number of nitrogens with one attached hydrogen (secondary N) is 1. The van der Waals surface area contributed by atoms with Crippen molar-refractivity contribution in [3.8, 4) is 0 Å². The van der Waals surface area contributed by atoms with E-state index in [9.17, 15) is 0 Å². The lowest BCUT2D eigenvalue weighted by atomic mass is 10.0. The Bertz CT molecular complexity index is 406. The van der Waals surface area contributed by atoms with Gasteiger partial charge in [-0.3, -0.25) is 0 Å². The van der Waals surface area contributed by atoms with E-state index < -0.39 is 0 Å². The summed E-state index contributed by atoms with van der Waals surface area (Å²) in [6, 6.07) is 2.63. The second kappa shape index (κ2) is 5.20. The SMILES string of the molecule is C[C@H]1CNCCN1c1cc(C2CCOC2)ncn1. The topological polar surface area (TPSA) is 50.3 Å². The van der Waals surface area contributed by atoms with Gasteiger partial charge in [-0.25, -0.2) is 9.97 Å². The van der Waals surface area contributed by atoms with Gasteiger partial charge in [-0.2, -0.15) is 0 Å². The lowest BCUT2D eigenvalue weighted by Gasteiger charge is -2.35. The summed E-state index contributed by atoms with van der Waals surface area (Å²) in [4.78, 5) is 11.2. The smallest absolute Gasteiger partial charge is 0.132 e. The van der Waals surface area contributed by atoms with E-state index in [1.165, 1.54) is 0 Å². The molecule has 5 heteroatoms. The molecule has 3 rings (SSSR count). The van der Waals surface area contributed by atoms with Crippen molar-refractivity contribution in [1.29, 1.82) is 0 Å². The predicted molar refractivity (Wildman–Crippen MR) is 69.9 cm³/mol. The summed E-state index contributed by atoms with van der Waals surface area (Å²) in [6.07, 6.45) is 2.77. The fraction of sp³-hybridized carbons (Fsp3) is 0.692. The Morgan fingerprint density at radius 3 is 3.17 bits per heavy atom. The van der Waals surface area contributed by atoms with Crippen molar-refractivity contribution < 1.29 is 4.74 Å². The van der Waals surface area contributed by atoms with E-state index in [4.69, 9.17) is 4.74 Å². The van der Waals surface area contributed by atoms with Crippen LogP contribution in [-0.2, 0) is 4.74 Å². The number of piperazine rings is 1. The second-order valence-electron chi connectivity index (χ2n) is 5.11. The normalized spacial score (nSPS) is 28.6. The summed E-state index contributed by atoms with van der Waals surface area (Å²) >= 11 is 0. The fourth-order valence-corrected chi connectivity index (χ4v) is 2.69. The van der Waals surface area contributed by atoms with E-state index in [-0.39, 0.29) is 0 Å². The molecule has 0 spiro atoms. The molecule has 5 nitrogen and oxygen atoms in total. The minimum atomic E-state index is 0.449. The zero-order chi connectivity index (χ0) is 12.4. The van der Waals surface area contributed by atoms with E-state index in [2.05, 4.69) is 33.2 Å². The van der Waals surface area contributed by atoms with E-state index in [1.54, 1.807) is 6.33 Å². The van der Waals surface area contributed by atoms with Gasteiger partial charge in [-0.15, -0.1) is 0 Å². The molecule has 0 bridgehead atoms. The van der Waals surface area contributed by atoms with Crippen LogP contribution in [-0.4, -0.2) is 48.9 Å². The molecular formula is C13H20N4O. The first kappa shape index (κ1) is 11.9. The van der Waals surface area contributed by atoms with E-state index in [0.29, 0.717) is 12.0 Å². The lowest BCUT2D eigenvalue weighted by Crippen LogP contribution is -2.50. The van der Waals surface area contributed by atoms with Crippen LogP contribution in [0.4, 0.5) is 5.82 Å². The van der Waals surface area contributed by atoms with Crippen molar-refractivity contribution in [1.82, 2.24) is 15.3 Å². The van der Waals surface area contributed by atoms with Crippen molar-refractivity contribution in [2.24, 2.45) is 0 Å². The first-order valence-corrected chi connectivity index (χ1v) is 6.71. The number of hydrogen-bond donors (Lipinski definition) is 1. The lowest BCUT2D eigenvalue weighted by molar-refractivity contribution is 0.193. The van der Waals surface area contributed by atoms with Crippen molar-refractivity contribution >= 4 is 5.82 Å². The van der Waals surface area contributed by atoms with Crippen molar-refractivity contribution in [2.75, 3.05) is 37.7 Å². The molecule has 18 heavy (non-hydrogen) atoms. The fourth-order valence-electron chi connectivity index (χ4n) is 2.69. The number of hydrogen-bond acceptors (Lipinski definition) is 5. The van der Waals surface area contributed by atoms with Crippen molar-refractivity contribution in [3.63, 3.8) is 0 Å². The van der Waals surface area contributed by atoms with Gasteiger partial charge in [-0.1, -0.05) is 0 Å². The summed E-state index contributed by atoms with van der Waals surface area (Å²) in [7, 11) is 0. The highest BCUT2D eigenvalue weighted by atomic mass is 16.5. The average molecular weight is 248 g/mol. The Labute approximate surface area is 108 Å². The highest BCUT2D eigenvalue weighted by Crippen LogP contribution is 2.26. The molecule has 0 saturated carbocycles. The van der Waals surface area contributed by atoms with Crippen LogP contribution in [0.15, 0.2) is 12.4 Å². The first-order chi connectivity index (χ1) is 8.84. The number of anilines is 1. The summed E-state index contributed by atoms with van der Waals surface area (Å²) < 4.78 is 5.43. The van der Waals surface area contributed by atoms with Crippen LogP contribution in [0.2, 0.25) is 0 Å². The summed E-state index contributed by atoms with van der Waals surface area (Å²) in [6.45, 7) is 6.94. The van der Waals surface area contributed by atoms with Crippen LogP contribution in [0.1, 0.15) is 25.0 Å². The van der Waals surface area contributed by atoms with E-state index in [0.717, 1.165) is 50.8 Å². The number of nitrogens with zero attached hydrogens (tertiary/aromatic N) is 3. The van der Waals surface area contributed by atoms with Crippen molar-refractivity contribution in [3.05, 3.63) is 18.1 Å². The third-order valence-electron chi connectivity index (χ3n) is 3.82. The molecule has 0 radical (unpaired) electrons. The Balaban J connectivity index is 1.81. The van der Waals surface area contributed by atoms with Gasteiger partial charge in [0, 0.05) is 44.3 Å². The van der Waals surface area contributed by atoms with Crippen LogP contribution >= 0.6 is 0 Å². The van der Waals surface area contributed by atoms with Gasteiger partial charge in [0.25, 0.3) is 0 Å². The third-order valence-corrected chi connectivity index (χ3v) is 3.82. The minimum Gasteiger partial charge on any atom is -0.381 e. The van der Waals surface area contributed by atoms with Crippen LogP contribution in [0.3, 0.4) is 0 Å². The van der Waals surface area contributed by atoms with Crippen LogP contribution in [0.5, 0.6) is 0 Å². The maximum atomic E-state index is 5.43. The number of rotatable bonds is 2. The Kier molecular flexibility index (Phi) is 3.43. The minimum absolute atomic E-state index is 0.449. The largest absolute Gasteiger partial charge is 0.381 e. The molecule has 1 N–H and O–H groups in total.